The van der Waals surface area contributed by atoms with Crippen molar-refractivity contribution in [3.05, 3.63) is 65.7 Å². The fourth-order valence-corrected chi connectivity index (χ4v) is 6.23. The second-order valence-corrected chi connectivity index (χ2v) is 9.04. The Kier molecular flexibility index (Phi) is 4.26. The van der Waals surface area contributed by atoms with Crippen molar-refractivity contribution in [3.8, 4) is 0 Å². The number of nitrogens with two attached hydrogens (primary N) is 1. The molecule has 26 heavy (non-hydrogen) atoms. The Morgan fingerprint density at radius 1 is 0.962 bits per heavy atom. The van der Waals surface area contributed by atoms with E-state index in [1.807, 2.05) is 0 Å². The van der Waals surface area contributed by atoms with Gasteiger partial charge in [0.15, 0.2) is 7.79 Å². The topological polar surface area (TPSA) is 72.6 Å². The molecule has 0 spiro atoms. The Bertz CT molecular complexity index is 849. The fourth-order valence-electron chi connectivity index (χ4n) is 3.24. The van der Waals surface area contributed by atoms with E-state index in [1.54, 1.807) is 12.1 Å². The number of hydrogen-bond donors (Lipinski definition) is 1. The molecule has 0 radical (unpaired) electrons. The van der Waals surface area contributed by atoms with E-state index in [0.29, 0.717) is 4.67 Å². The van der Waals surface area contributed by atoms with Crippen LogP contribution in [0.1, 0.15) is 15.9 Å². The molecule has 1 amide bonds. The predicted molar refractivity (Wildman–Crippen MR) is 92.2 cm³/mol. The van der Waals surface area contributed by atoms with Gasteiger partial charge >= 0.3 is 6.18 Å². The van der Waals surface area contributed by atoms with Crippen LogP contribution < -0.4 is 15.3 Å². The van der Waals surface area contributed by atoms with Gasteiger partial charge in [-0.05, 0) is 12.1 Å². The molecule has 138 valence electrons. The lowest BCUT2D eigenvalue weighted by Crippen LogP contribution is -2.64. The molecule has 2 atom stereocenters. The van der Waals surface area contributed by atoms with Gasteiger partial charge in [-0.2, -0.15) is 17.8 Å². The van der Waals surface area contributed by atoms with Crippen LogP contribution in [-0.4, -0.2) is 30.8 Å². The van der Waals surface area contributed by atoms with Gasteiger partial charge in [-0.3, -0.25) is 10.5 Å². The Labute approximate surface area is 149 Å². The van der Waals surface area contributed by atoms with Crippen molar-refractivity contribution < 1.29 is 22.9 Å². The first kappa shape index (κ1) is 18.6. The number of fused-ring (bicyclic) bond motifs is 1. The van der Waals surface area contributed by atoms with E-state index in [0.717, 1.165) is 11.7 Å². The number of carbonyl (C=O) groups is 1. The second kappa shape index (κ2) is 5.94. The van der Waals surface area contributed by atoms with Crippen molar-refractivity contribution in [1.82, 2.24) is 4.67 Å². The molecule has 1 aliphatic heterocycles. The van der Waals surface area contributed by atoms with Crippen molar-refractivity contribution in [2.24, 2.45) is 5.73 Å². The van der Waals surface area contributed by atoms with Gasteiger partial charge in [-0.25, -0.2) is 4.67 Å². The third kappa shape index (κ3) is 2.26. The molecule has 5 nitrogen and oxygen atoms in total. The molecule has 0 saturated carbocycles. The van der Waals surface area contributed by atoms with Crippen molar-refractivity contribution in [1.29, 1.82) is 0 Å². The van der Waals surface area contributed by atoms with Gasteiger partial charge in [0.2, 0.25) is 0 Å². The SMILES string of the molecule is CN1C(=O)c2ccccc2N(C)[P+]1([O-])C(N)(c1ccccc1)C(F)(F)F. The minimum absolute atomic E-state index is 0.147. The molecule has 3 rings (SSSR count). The van der Waals surface area contributed by atoms with Crippen molar-refractivity contribution in [2.75, 3.05) is 18.8 Å². The standard InChI is InChI=1S/C17H17F3N3O2P/c1-22-14-11-7-6-10-13(14)15(24)23(2)26(22,25)16(21,17(18,19)20)12-8-4-3-5-9-12/h3-11H,21H2,1-2H3. The highest BCUT2D eigenvalue weighted by Crippen LogP contribution is 2.74. The number of amides is 1. The number of carbonyl (C=O) groups excluding carboxylic acids is 1. The maximum absolute atomic E-state index is 14.2. The molecular formula is C17H17F3N3O2P. The summed E-state index contributed by atoms with van der Waals surface area (Å²) in [6.45, 7) is 0. The predicted octanol–water partition coefficient (Wildman–Crippen LogP) is 2.71. The van der Waals surface area contributed by atoms with Gasteiger partial charge in [0.25, 0.3) is 11.2 Å². The van der Waals surface area contributed by atoms with Gasteiger partial charge in [0, 0.05) is 19.7 Å². The number of benzene rings is 2. The highest BCUT2D eigenvalue weighted by atomic mass is 31.2. The molecule has 0 aliphatic carbocycles. The summed E-state index contributed by atoms with van der Waals surface area (Å²) in [6.07, 6.45) is -5.07. The lowest BCUT2D eigenvalue weighted by Gasteiger charge is -2.55. The number of alkyl halides is 3. The van der Waals surface area contributed by atoms with Crippen LogP contribution >= 0.6 is 7.79 Å². The zero-order valence-electron chi connectivity index (χ0n) is 14.1. The number of hydrogen-bond acceptors (Lipinski definition) is 4. The van der Waals surface area contributed by atoms with E-state index in [2.05, 4.69) is 0 Å². The molecule has 1 heterocycles. The third-order valence-electron chi connectivity index (χ3n) is 4.70. The summed E-state index contributed by atoms with van der Waals surface area (Å²) in [6, 6.07) is 12.7. The first-order valence-corrected chi connectivity index (χ1v) is 9.31. The van der Waals surface area contributed by atoms with Crippen molar-refractivity contribution in [2.45, 2.75) is 11.5 Å². The molecule has 2 N–H and O–H groups in total. The zero-order valence-corrected chi connectivity index (χ0v) is 15.0. The molecule has 2 aromatic carbocycles. The van der Waals surface area contributed by atoms with Crippen LogP contribution in [0.3, 0.4) is 0 Å². The highest BCUT2D eigenvalue weighted by Gasteiger charge is 2.73. The summed E-state index contributed by atoms with van der Waals surface area (Å²) < 4.78 is 44.2. The van der Waals surface area contributed by atoms with Crippen LogP contribution in [0.5, 0.6) is 0 Å². The third-order valence-corrected chi connectivity index (χ3v) is 8.15. The van der Waals surface area contributed by atoms with Gasteiger partial charge in [-0.15, -0.1) is 0 Å². The van der Waals surface area contributed by atoms with Crippen LogP contribution in [0, 0.1) is 0 Å². The zero-order chi connectivity index (χ0) is 19.3. The Morgan fingerprint density at radius 3 is 2.08 bits per heavy atom. The molecular weight excluding hydrogens is 366 g/mol. The minimum atomic E-state index is -5.07. The molecule has 2 unspecified atom stereocenters. The van der Waals surface area contributed by atoms with E-state index < -0.39 is 25.2 Å². The fraction of sp³-hybridized carbons (Fsp3) is 0.235. The highest BCUT2D eigenvalue weighted by molar-refractivity contribution is 7.70. The van der Waals surface area contributed by atoms with Gasteiger partial charge < -0.3 is 4.89 Å². The number of rotatable bonds is 2. The summed E-state index contributed by atoms with van der Waals surface area (Å²) in [5, 5.41) is -3.26. The van der Waals surface area contributed by atoms with E-state index in [1.165, 1.54) is 49.5 Å². The average Bonchev–Trinajstić information content (AvgIpc) is 2.63. The molecule has 0 saturated heterocycles. The van der Waals surface area contributed by atoms with Crippen molar-refractivity contribution >= 4 is 19.4 Å². The quantitative estimate of drug-likeness (QED) is 0.810. The summed E-state index contributed by atoms with van der Waals surface area (Å²) in [5.41, 5.74) is 5.82. The monoisotopic (exact) mass is 383 g/mol. The number of anilines is 1. The molecule has 9 heteroatoms. The summed E-state index contributed by atoms with van der Waals surface area (Å²) in [7, 11) is -2.33. The van der Waals surface area contributed by atoms with Gasteiger partial charge in [0.1, 0.15) is 0 Å². The van der Waals surface area contributed by atoms with Crippen LogP contribution in [0.2, 0.25) is 0 Å². The van der Waals surface area contributed by atoms with Crippen LogP contribution in [0.15, 0.2) is 54.6 Å². The molecule has 0 fully saturated rings. The lowest BCUT2D eigenvalue weighted by atomic mass is 10.1. The van der Waals surface area contributed by atoms with Crippen LogP contribution in [0.25, 0.3) is 0 Å². The summed E-state index contributed by atoms with van der Waals surface area (Å²) in [5.74, 6) is -0.767. The molecule has 0 bridgehead atoms. The molecule has 1 aliphatic rings. The van der Waals surface area contributed by atoms with E-state index in [-0.39, 0.29) is 16.8 Å². The molecule has 2 aromatic rings. The van der Waals surface area contributed by atoms with Crippen molar-refractivity contribution in [3.63, 3.8) is 0 Å². The first-order chi connectivity index (χ1) is 12.1. The summed E-state index contributed by atoms with van der Waals surface area (Å²) in [4.78, 5) is 26.6. The maximum Gasteiger partial charge on any atom is 0.450 e. The van der Waals surface area contributed by atoms with E-state index in [9.17, 15) is 22.9 Å². The Hall–Kier alpha value is -2.15. The minimum Gasteiger partial charge on any atom is -0.641 e. The molecule has 0 aromatic heterocycles. The van der Waals surface area contributed by atoms with Crippen LogP contribution in [-0.2, 0) is 5.28 Å². The number of halogens is 3. The van der Waals surface area contributed by atoms with E-state index in [4.69, 9.17) is 5.73 Å². The smallest absolute Gasteiger partial charge is 0.450 e. The summed E-state index contributed by atoms with van der Waals surface area (Å²) >= 11 is 0. The first-order valence-electron chi connectivity index (χ1n) is 7.70. The maximum atomic E-state index is 14.2. The second-order valence-electron chi connectivity index (χ2n) is 6.04. The lowest BCUT2D eigenvalue weighted by molar-refractivity contribution is -0.220. The van der Waals surface area contributed by atoms with Gasteiger partial charge in [0.05, 0.1) is 11.3 Å². The largest absolute Gasteiger partial charge is 0.641 e. The number of nitrogens with zero attached hydrogens (tertiary/aromatic N) is 2. The average molecular weight is 383 g/mol. The number of para-hydroxylation sites is 1. The van der Waals surface area contributed by atoms with Crippen LogP contribution in [0.4, 0.5) is 18.9 Å². The van der Waals surface area contributed by atoms with Gasteiger partial charge in [-0.1, -0.05) is 42.5 Å². The normalized spacial score (nSPS) is 22.8. The van der Waals surface area contributed by atoms with E-state index >= 15 is 0 Å². The Morgan fingerprint density at radius 2 is 1.50 bits per heavy atom. The Balaban J connectivity index is 2.32.